The van der Waals surface area contributed by atoms with Crippen molar-refractivity contribution in [2.24, 2.45) is 10.8 Å². The molecule has 0 bridgehead atoms. The fraction of sp³-hybridized carbons (Fsp3) is 0.500. The van der Waals surface area contributed by atoms with Gasteiger partial charge in [-0.3, -0.25) is 5.43 Å². The number of benzene rings is 1. The molecular weight excluding hydrogens is 282 g/mol. The first-order chi connectivity index (χ1) is 9.90. The van der Waals surface area contributed by atoms with Crippen LogP contribution in [0.1, 0.15) is 69.1 Å². The smallest absolute Gasteiger partial charge is 0.184 e. The molecule has 1 rings (SSSR count). The summed E-state index contributed by atoms with van der Waals surface area (Å²) in [5.41, 5.74) is 10.7. The van der Waals surface area contributed by atoms with Crippen LogP contribution in [0.25, 0.3) is 0 Å². The summed E-state index contributed by atoms with van der Waals surface area (Å²) in [6.07, 6.45) is 3.58. The lowest BCUT2D eigenvalue weighted by Gasteiger charge is -2.18. The first-order valence-electron chi connectivity index (χ1n) is 7.35. The van der Waals surface area contributed by atoms with Crippen LogP contribution < -0.4 is 11.2 Å². The third kappa shape index (κ3) is 4.70. The summed E-state index contributed by atoms with van der Waals surface area (Å²) < 4.78 is 0. The highest BCUT2D eigenvalue weighted by atomic mass is 32.1. The minimum absolute atomic E-state index is 0.103. The summed E-state index contributed by atoms with van der Waals surface area (Å²) in [4.78, 5) is 0. The molecule has 0 aromatic heterocycles. The van der Waals surface area contributed by atoms with Gasteiger partial charge in [-0.2, -0.15) is 5.10 Å². The van der Waals surface area contributed by atoms with E-state index in [9.17, 15) is 5.11 Å². The highest BCUT2D eigenvalue weighted by Gasteiger charge is 2.15. The maximum atomic E-state index is 10.5. The standard InChI is InChI=1S/C16H25N3OS/c1-5-10(3)12-7-13(9-18-19-16(17)21)15(20)14(8-12)11(4)6-2/h7-11,20H,5-6H2,1-4H3,(H3,17,19,21)/b18-9+. The molecule has 2 atom stereocenters. The molecule has 0 fully saturated rings. The minimum Gasteiger partial charge on any atom is -0.507 e. The number of hydrogen-bond donors (Lipinski definition) is 3. The van der Waals surface area contributed by atoms with E-state index in [4.69, 9.17) is 18.0 Å². The van der Waals surface area contributed by atoms with Gasteiger partial charge in [-0.15, -0.1) is 0 Å². The van der Waals surface area contributed by atoms with E-state index in [1.165, 1.54) is 5.56 Å². The van der Waals surface area contributed by atoms with E-state index in [0.29, 0.717) is 17.4 Å². The number of aromatic hydroxyl groups is 1. The molecule has 0 aliphatic carbocycles. The van der Waals surface area contributed by atoms with Gasteiger partial charge < -0.3 is 10.8 Å². The fourth-order valence-corrected chi connectivity index (χ4v) is 2.14. The Kier molecular flexibility index (Phi) is 6.62. The van der Waals surface area contributed by atoms with Gasteiger partial charge in [0.05, 0.1) is 6.21 Å². The molecule has 1 aromatic rings. The fourth-order valence-electron chi connectivity index (χ4n) is 2.08. The quantitative estimate of drug-likeness (QED) is 0.427. The molecule has 0 radical (unpaired) electrons. The van der Waals surface area contributed by atoms with Gasteiger partial charge in [0.15, 0.2) is 5.11 Å². The molecule has 2 unspecified atom stereocenters. The first kappa shape index (κ1) is 17.4. The molecule has 5 heteroatoms. The van der Waals surface area contributed by atoms with Crippen LogP contribution in [0.4, 0.5) is 0 Å². The zero-order chi connectivity index (χ0) is 16.0. The summed E-state index contributed by atoms with van der Waals surface area (Å²) in [5, 5.41) is 14.5. The molecule has 1 aromatic carbocycles. The summed E-state index contributed by atoms with van der Waals surface area (Å²) in [5.74, 6) is 1.01. The number of thiocarbonyl (C=S) groups is 1. The number of rotatable bonds is 6. The van der Waals surface area contributed by atoms with Gasteiger partial charge in [0.2, 0.25) is 0 Å². The summed E-state index contributed by atoms with van der Waals surface area (Å²) in [7, 11) is 0. The Morgan fingerprint density at radius 1 is 1.33 bits per heavy atom. The Bertz CT molecular complexity index is 528. The summed E-state index contributed by atoms with van der Waals surface area (Å²) in [6, 6.07) is 4.08. The Balaban J connectivity index is 3.27. The third-order valence-corrected chi connectivity index (χ3v) is 3.99. The number of nitrogens with one attached hydrogen (secondary N) is 1. The molecule has 4 nitrogen and oxygen atoms in total. The maximum absolute atomic E-state index is 10.5. The second-order valence-corrected chi connectivity index (χ2v) is 5.84. The van der Waals surface area contributed by atoms with Gasteiger partial charge in [-0.1, -0.05) is 33.8 Å². The van der Waals surface area contributed by atoms with Crippen LogP contribution in [0.15, 0.2) is 17.2 Å². The Hall–Kier alpha value is -1.62. The number of phenols is 1. The molecule has 0 saturated heterocycles. The molecular formula is C16H25N3OS. The first-order valence-corrected chi connectivity index (χ1v) is 7.76. The predicted octanol–water partition coefficient (Wildman–Crippen LogP) is 3.59. The second-order valence-electron chi connectivity index (χ2n) is 5.40. The predicted molar refractivity (Wildman–Crippen MR) is 93.0 cm³/mol. The monoisotopic (exact) mass is 307 g/mol. The van der Waals surface area contributed by atoms with Crippen molar-refractivity contribution in [1.82, 2.24) is 5.43 Å². The number of nitrogens with two attached hydrogens (primary N) is 1. The van der Waals surface area contributed by atoms with Gasteiger partial charge in [0.25, 0.3) is 0 Å². The van der Waals surface area contributed by atoms with E-state index in [1.54, 1.807) is 6.21 Å². The van der Waals surface area contributed by atoms with Crippen molar-refractivity contribution in [3.05, 3.63) is 28.8 Å². The Morgan fingerprint density at radius 2 is 1.95 bits per heavy atom. The Morgan fingerprint density at radius 3 is 2.48 bits per heavy atom. The number of hydrazone groups is 1. The zero-order valence-electron chi connectivity index (χ0n) is 13.2. The van der Waals surface area contributed by atoms with Crippen LogP contribution in [0.5, 0.6) is 5.75 Å². The average molecular weight is 307 g/mol. The van der Waals surface area contributed by atoms with Crippen molar-refractivity contribution in [2.75, 3.05) is 0 Å². The van der Waals surface area contributed by atoms with Crippen molar-refractivity contribution in [3.63, 3.8) is 0 Å². The second kappa shape index (κ2) is 7.98. The highest BCUT2D eigenvalue weighted by Crippen LogP contribution is 2.34. The van der Waals surface area contributed by atoms with E-state index in [0.717, 1.165) is 18.4 Å². The molecule has 21 heavy (non-hydrogen) atoms. The molecule has 0 saturated carbocycles. The van der Waals surface area contributed by atoms with Crippen LogP contribution in [-0.4, -0.2) is 16.4 Å². The lowest BCUT2D eigenvalue weighted by Crippen LogP contribution is -2.24. The van der Waals surface area contributed by atoms with Gasteiger partial charge in [-0.05, 0) is 54.1 Å². The van der Waals surface area contributed by atoms with E-state index in [1.807, 2.05) is 6.07 Å². The minimum atomic E-state index is 0.103. The van der Waals surface area contributed by atoms with Crippen molar-refractivity contribution in [3.8, 4) is 5.75 Å². The van der Waals surface area contributed by atoms with Crippen LogP contribution in [-0.2, 0) is 0 Å². The average Bonchev–Trinajstić information content (AvgIpc) is 2.46. The van der Waals surface area contributed by atoms with E-state index in [2.05, 4.69) is 44.3 Å². The maximum Gasteiger partial charge on any atom is 0.184 e. The van der Waals surface area contributed by atoms with Crippen molar-refractivity contribution < 1.29 is 5.11 Å². The van der Waals surface area contributed by atoms with E-state index < -0.39 is 0 Å². The van der Waals surface area contributed by atoms with Crippen molar-refractivity contribution >= 4 is 23.5 Å². The Labute approximate surface area is 132 Å². The van der Waals surface area contributed by atoms with Crippen LogP contribution in [0.2, 0.25) is 0 Å². The lowest BCUT2D eigenvalue weighted by atomic mass is 9.89. The third-order valence-electron chi connectivity index (χ3n) is 3.89. The normalized spacial score (nSPS) is 14.1. The van der Waals surface area contributed by atoms with E-state index in [-0.39, 0.29) is 10.9 Å². The molecule has 4 N–H and O–H groups in total. The van der Waals surface area contributed by atoms with Gasteiger partial charge in [-0.25, -0.2) is 0 Å². The number of phenolic OH excluding ortho intramolecular Hbond substituents is 1. The van der Waals surface area contributed by atoms with E-state index >= 15 is 0 Å². The van der Waals surface area contributed by atoms with Crippen molar-refractivity contribution in [2.45, 2.75) is 52.4 Å². The van der Waals surface area contributed by atoms with Gasteiger partial charge in [0.1, 0.15) is 5.75 Å². The highest BCUT2D eigenvalue weighted by molar-refractivity contribution is 7.80. The zero-order valence-corrected chi connectivity index (χ0v) is 14.0. The van der Waals surface area contributed by atoms with Crippen LogP contribution >= 0.6 is 12.2 Å². The molecule has 0 amide bonds. The largest absolute Gasteiger partial charge is 0.507 e. The van der Waals surface area contributed by atoms with Crippen molar-refractivity contribution in [1.29, 1.82) is 0 Å². The van der Waals surface area contributed by atoms with Gasteiger partial charge in [0, 0.05) is 5.56 Å². The lowest BCUT2D eigenvalue weighted by molar-refractivity contribution is 0.460. The molecule has 0 spiro atoms. The topological polar surface area (TPSA) is 70.6 Å². The SMILES string of the molecule is CCC(C)c1cc(/C=N/NC(N)=S)c(O)c(C(C)CC)c1. The summed E-state index contributed by atoms with van der Waals surface area (Å²) in [6.45, 7) is 8.56. The number of nitrogens with zero attached hydrogens (tertiary/aromatic N) is 1. The van der Waals surface area contributed by atoms with Crippen LogP contribution in [0, 0.1) is 0 Å². The summed E-state index contributed by atoms with van der Waals surface area (Å²) >= 11 is 4.71. The molecule has 0 aliphatic heterocycles. The van der Waals surface area contributed by atoms with Crippen LogP contribution in [0.3, 0.4) is 0 Å². The molecule has 0 heterocycles. The number of hydrogen-bond acceptors (Lipinski definition) is 3. The van der Waals surface area contributed by atoms with Gasteiger partial charge >= 0.3 is 0 Å². The molecule has 116 valence electrons. The molecule has 0 aliphatic rings.